The molecular formula is C25H32N2O4. The Morgan fingerprint density at radius 3 is 2.71 bits per heavy atom. The lowest BCUT2D eigenvalue weighted by Gasteiger charge is -2.46. The van der Waals surface area contributed by atoms with Crippen LogP contribution in [0.5, 0.6) is 11.6 Å². The zero-order valence-electron chi connectivity index (χ0n) is 18.5. The Hall–Kier alpha value is -2.60. The third kappa shape index (κ3) is 5.56. The Morgan fingerprint density at radius 2 is 2.00 bits per heavy atom. The first kappa shape index (κ1) is 21.6. The van der Waals surface area contributed by atoms with Crippen LogP contribution in [0.1, 0.15) is 43.2 Å². The maximum Gasteiger partial charge on any atom is 0.222 e. The molecule has 0 radical (unpaired) electrons. The van der Waals surface area contributed by atoms with Crippen LogP contribution in [0.25, 0.3) is 0 Å². The third-order valence-electron chi connectivity index (χ3n) is 6.44. The van der Waals surface area contributed by atoms with Gasteiger partial charge in [-0.05, 0) is 55.5 Å². The smallest absolute Gasteiger partial charge is 0.222 e. The summed E-state index contributed by atoms with van der Waals surface area (Å²) in [5, 5.41) is 0. The molecule has 31 heavy (non-hydrogen) atoms. The fourth-order valence-electron chi connectivity index (χ4n) is 4.54. The number of benzene rings is 1. The van der Waals surface area contributed by atoms with Gasteiger partial charge in [-0.15, -0.1) is 0 Å². The van der Waals surface area contributed by atoms with Gasteiger partial charge in [0.2, 0.25) is 11.8 Å². The number of aryl methyl sites for hydroxylation is 2. The summed E-state index contributed by atoms with van der Waals surface area (Å²) >= 11 is 0. The van der Waals surface area contributed by atoms with E-state index in [-0.39, 0.29) is 17.6 Å². The number of ether oxygens (including phenoxy) is 3. The number of aromatic nitrogens is 1. The molecule has 2 aromatic rings. The van der Waals surface area contributed by atoms with E-state index in [0.717, 1.165) is 62.1 Å². The molecule has 2 saturated heterocycles. The summed E-state index contributed by atoms with van der Waals surface area (Å²) in [7, 11) is 1.66. The Balaban J connectivity index is 1.26. The van der Waals surface area contributed by atoms with Crippen LogP contribution in [0.4, 0.5) is 0 Å². The van der Waals surface area contributed by atoms with E-state index in [2.05, 4.69) is 4.98 Å². The second-order valence-electron chi connectivity index (χ2n) is 8.66. The van der Waals surface area contributed by atoms with Gasteiger partial charge in [0.15, 0.2) is 0 Å². The van der Waals surface area contributed by atoms with Crippen molar-refractivity contribution >= 4 is 5.91 Å². The minimum atomic E-state index is -0.181. The highest BCUT2D eigenvalue weighted by Gasteiger charge is 2.42. The van der Waals surface area contributed by atoms with Crippen LogP contribution >= 0.6 is 0 Å². The lowest BCUT2D eigenvalue weighted by atomic mass is 9.83. The molecule has 1 aromatic carbocycles. The molecule has 4 rings (SSSR count). The normalized spacial score (nSPS) is 20.5. The molecular weight excluding hydrogens is 392 g/mol. The summed E-state index contributed by atoms with van der Waals surface area (Å²) < 4.78 is 17.6. The van der Waals surface area contributed by atoms with Gasteiger partial charge in [0.25, 0.3) is 0 Å². The van der Waals surface area contributed by atoms with E-state index in [1.54, 1.807) is 13.3 Å². The number of pyridine rings is 1. The van der Waals surface area contributed by atoms with Crippen molar-refractivity contribution in [2.24, 2.45) is 0 Å². The highest BCUT2D eigenvalue weighted by molar-refractivity contribution is 5.76. The standard InChI is InChI=1S/C25H32N2O4/c1-19-9-13-26-23(17-19)31-22-10-16-30-25(18-22)11-14-27(15-12-25)24(28)8-5-20-3-6-21(29-2)7-4-20/h3-4,6-7,9,13,17,22H,5,8,10-12,14-16,18H2,1-2H3. The number of hydrogen-bond donors (Lipinski definition) is 0. The van der Waals surface area contributed by atoms with Gasteiger partial charge < -0.3 is 19.1 Å². The molecule has 6 nitrogen and oxygen atoms in total. The molecule has 2 aliphatic rings. The molecule has 1 spiro atoms. The molecule has 2 fully saturated rings. The molecule has 0 aliphatic carbocycles. The van der Waals surface area contributed by atoms with Crippen molar-refractivity contribution in [3.8, 4) is 11.6 Å². The van der Waals surface area contributed by atoms with E-state index in [4.69, 9.17) is 14.2 Å². The first-order valence-electron chi connectivity index (χ1n) is 11.2. The van der Waals surface area contributed by atoms with E-state index in [1.165, 1.54) is 0 Å². The average molecular weight is 425 g/mol. The van der Waals surface area contributed by atoms with Gasteiger partial charge in [0, 0.05) is 44.6 Å². The second kappa shape index (κ2) is 9.69. The third-order valence-corrected chi connectivity index (χ3v) is 6.44. The van der Waals surface area contributed by atoms with Crippen LogP contribution in [0.15, 0.2) is 42.6 Å². The number of methoxy groups -OCH3 is 1. The number of hydrogen-bond acceptors (Lipinski definition) is 5. The maximum absolute atomic E-state index is 12.7. The number of carbonyl (C=O) groups is 1. The Labute approximate surface area is 184 Å². The number of piperidine rings is 1. The highest BCUT2D eigenvalue weighted by Crippen LogP contribution is 2.36. The van der Waals surface area contributed by atoms with Gasteiger partial charge in [0.05, 0.1) is 19.3 Å². The fourth-order valence-corrected chi connectivity index (χ4v) is 4.54. The highest BCUT2D eigenvalue weighted by atomic mass is 16.5. The second-order valence-corrected chi connectivity index (χ2v) is 8.66. The molecule has 1 amide bonds. The fraction of sp³-hybridized carbons (Fsp3) is 0.520. The zero-order chi connectivity index (χ0) is 21.7. The lowest BCUT2D eigenvalue weighted by molar-refractivity contribution is -0.151. The van der Waals surface area contributed by atoms with Gasteiger partial charge in [-0.2, -0.15) is 0 Å². The van der Waals surface area contributed by atoms with Gasteiger partial charge in [-0.3, -0.25) is 4.79 Å². The molecule has 1 aromatic heterocycles. The maximum atomic E-state index is 12.7. The van der Waals surface area contributed by atoms with Crippen molar-refractivity contribution < 1.29 is 19.0 Å². The molecule has 2 aliphatic heterocycles. The molecule has 0 N–H and O–H groups in total. The van der Waals surface area contributed by atoms with Crippen LogP contribution in [0.2, 0.25) is 0 Å². The predicted octanol–water partition coefficient (Wildman–Crippen LogP) is 3.95. The largest absolute Gasteiger partial charge is 0.497 e. The van der Waals surface area contributed by atoms with Crippen molar-refractivity contribution in [2.45, 2.75) is 57.2 Å². The lowest BCUT2D eigenvalue weighted by Crippen LogP contribution is -2.52. The van der Waals surface area contributed by atoms with E-state index in [0.29, 0.717) is 18.9 Å². The van der Waals surface area contributed by atoms with Crippen molar-refractivity contribution in [3.63, 3.8) is 0 Å². The molecule has 6 heteroatoms. The molecule has 0 saturated carbocycles. The average Bonchev–Trinajstić information content (AvgIpc) is 2.78. The summed E-state index contributed by atoms with van der Waals surface area (Å²) in [6, 6.07) is 11.9. The van der Waals surface area contributed by atoms with Crippen LogP contribution in [0.3, 0.4) is 0 Å². The van der Waals surface area contributed by atoms with Crippen molar-refractivity contribution in [3.05, 3.63) is 53.7 Å². The van der Waals surface area contributed by atoms with Crippen LogP contribution in [0, 0.1) is 6.92 Å². The molecule has 0 bridgehead atoms. The van der Waals surface area contributed by atoms with Gasteiger partial charge >= 0.3 is 0 Å². The summed E-state index contributed by atoms with van der Waals surface area (Å²) in [6.45, 7) is 4.23. The molecule has 1 unspecified atom stereocenters. The Morgan fingerprint density at radius 1 is 1.23 bits per heavy atom. The van der Waals surface area contributed by atoms with Crippen LogP contribution in [-0.2, 0) is 16.0 Å². The van der Waals surface area contributed by atoms with Gasteiger partial charge in [-0.1, -0.05) is 12.1 Å². The SMILES string of the molecule is COc1ccc(CCC(=O)N2CCC3(CC2)CC(Oc2cc(C)ccn2)CCO3)cc1. The van der Waals surface area contributed by atoms with Crippen molar-refractivity contribution in [2.75, 3.05) is 26.8 Å². The zero-order valence-corrected chi connectivity index (χ0v) is 18.5. The van der Waals surface area contributed by atoms with Crippen molar-refractivity contribution in [1.82, 2.24) is 9.88 Å². The predicted molar refractivity (Wildman–Crippen MR) is 118 cm³/mol. The topological polar surface area (TPSA) is 60.9 Å². The first-order valence-corrected chi connectivity index (χ1v) is 11.2. The van der Waals surface area contributed by atoms with Crippen LogP contribution < -0.4 is 9.47 Å². The number of amides is 1. The summed E-state index contributed by atoms with van der Waals surface area (Å²) in [5.74, 6) is 1.75. The van der Waals surface area contributed by atoms with Gasteiger partial charge in [0.1, 0.15) is 11.9 Å². The van der Waals surface area contributed by atoms with E-state index >= 15 is 0 Å². The van der Waals surface area contributed by atoms with E-state index in [9.17, 15) is 4.79 Å². The molecule has 1 atom stereocenters. The monoisotopic (exact) mass is 424 g/mol. The quantitative estimate of drug-likeness (QED) is 0.703. The summed E-state index contributed by atoms with van der Waals surface area (Å²) in [5.41, 5.74) is 2.12. The molecule has 166 valence electrons. The Kier molecular flexibility index (Phi) is 6.76. The minimum Gasteiger partial charge on any atom is -0.497 e. The number of nitrogens with zero attached hydrogens (tertiary/aromatic N) is 2. The van der Waals surface area contributed by atoms with E-state index in [1.807, 2.05) is 48.2 Å². The van der Waals surface area contributed by atoms with Crippen LogP contribution in [-0.4, -0.2) is 54.3 Å². The first-order chi connectivity index (χ1) is 15.0. The number of rotatable bonds is 6. The number of likely N-dealkylation sites (tertiary alicyclic amines) is 1. The van der Waals surface area contributed by atoms with Crippen molar-refractivity contribution in [1.29, 1.82) is 0 Å². The summed E-state index contributed by atoms with van der Waals surface area (Å²) in [6.07, 6.45) is 6.64. The van der Waals surface area contributed by atoms with E-state index < -0.39 is 0 Å². The molecule has 3 heterocycles. The number of carbonyl (C=O) groups excluding carboxylic acids is 1. The summed E-state index contributed by atoms with van der Waals surface area (Å²) in [4.78, 5) is 19.1. The van der Waals surface area contributed by atoms with Gasteiger partial charge in [-0.25, -0.2) is 4.98 Å². The minimum absolute atomic E-state index is 0.111. The Bertz CT molecular complexity index is 875.